The fourth-order valence-corrected chi connectivity index (χ4v) is 1.45. The number of rotatable bonds is 7. The van der Waals surface area contributed by atoms with Crippen LogP contribution in [0.1, 0.15) is 6.92 Å². The number of hydrogen-bond donors (Lipinski definition) is 1. The summed E-state index contributed by atoms with van der Waals surface area (Å²) in [7, 11) is 0. The molecule has 0 bridgehead atoms. The molecule has 0 radical (unpaired) electrons. The number of carboxylic acid groups (broad SMARTS) is 1. The second-order valence-corrected chi connectivity index (χ2v) is 3.49. The van der Waals surface area contributed by atoms with Crippen LogP contribution in [0.15, 0.2) is 42.7 Å². The van der Waals surface area contributed by atoms with Crippen LogP contribution in [0, 0.1) is 0 Å². The predicted octanol–water partition coefficient (Wildman–Crippen LogP) is 2.13. The highest BCUT2D eigenvalue weighted by Crippen LogP contribution is 2.12. The summed E-state index contributed by atoms with van der Waals surface area (Å²) >= 11 is 0. The zero-order chi connectivity index (χ0) is 12.7. The van der Waals surface area contributed by atoms with Crippen molar-refractivity contribution in [3.8, 4) is 0 Å². The molecule has 0 aromatic heterocycles. The van der Waals surface area contributed by atoms with Gasteiger partial charge < -0.3 is 14.7 Å². The lowest BCUT2D eigenvalue weighted by atomic mass is 10.3. The van der Waals surface area contributed by atoms with E-state index >= 15 is 0 Å². The number of nitrogens with zero attached hydrogens (tertiary/aromatic N) is 1. The zero-order valence-corrected chi connectivity index (χ0v) is 9.93. The van der Waals surface area contributed by atoms with Gasteiger partial charge in [-0.05, 0) is 25.6 Å². The zero-order valence-electron chi connectivity index (χ0n) is 9.93. The smallest absolute Gasteiger partial charge is 0.370 e. The van der Waals surface area contributed by atoms with Crippen LogP contribution in [-0.4, -0.2) is 30.8 Å². The Kier molecular flexibility index (Phi) is 5.07. The first-order chi connectivity index (χ1) is 8.15. The summed E-state index contributed by atoms with van der Waals surface area (Å²) in [5.41, 5.74) is 1.10. The Morgan fingerprint density at radius 1 is 1.41 bits per heavy atom. The fraction of sp³-hybridized carbons (Fsp3) is 0.308. The van der Waals surface area contributed by atoms with Gasteiger partial charge in [-0.2, -0.15) is 0 Å². The molecular weight excluding hydrogens is 218 g/mol. The van der Waals surface area contributed by atoms with Crippen LogP contribution in [-0.2, 0) is 9.53 Å². The van der Waals surface area contributed by atoms with Gasteiger partial charge in [0, 0.05) is 12.2 Å². The Labute approximate surface area is 101 Å². The number of likely N-dealkylation sites (N-methyl/N-ethyl adjacent to an activating group) is 1. The molecular formula is C13H17NO3. The van der Waals surface area contributed by atoms with Crippen LogP contribution in [0.5, 0.6) is 0 Å². The molecule has 0 fully saturated rings. The molecule has 0 amide bonds. The number of aliphatic carboxylic acids is 1. The van der Waals surface area contributed by atoms with E-state index in [0.29, 0.717) is 13.2 Å². The Balaban J connectivity index is 2.44. The molecule has 0 heterocycles. The maximum atomic E-state index is 10.5. The molecule has 0 spiro atoms. The lowest BCUT2D eigenvalue weighted by molar-refractivity contribution is -0.136. The van der Waals surface area contributed by atoms with E-state index in [2.05, 4.69) is 11.5 Å². The Hall–Kier alpha value is -1.97. The third-order valence-electron chi connectivity index (χ3n) is 2.38. The molecule has 0 aliphatic heterocycles. The van der Waals surface area contributed by atoms with Crippen LogP contribution >= 0.6 is 0 Å². The van der Waals surface area contributed by atoms with Crippen molar-refractivity contribution in [2.75, 3.05) is 24.6 Å². The number of anilines is 1. The van der Waals surface area contributed by atoms with Gasteiger partial charge in [-0.3, -0.25) is 0 Å². The van der Waals surface area contributed by atoms with Crippen molar-refractivity contribution in [3.63, 3.8) is 0 Å². The van der Waals surface area contributed by atoms with E-state index < -0.39 is 5.97 Å². The minimum absolute atomic E-state index is 0.214. The monoisotopic (exact) mass is 235 g/mol. The van der Waals surface area contributed by atoms with Crippen molar-refractivity contribution in [2.24, 2.45) is 0 Å². The van der Waals surface area contributed by atoms with E-state index in [1.165, 1.54) is 0 Å². The second kappa shape index (κ2) is 6.58. The molecule has 1 aromatic carbocycles. The van der Waals surface area contributed by atoms with Crippen LogP contribution < -0.4 is 4.90 Å². The number of carbonyl (C=O) groups is 1. The average molecular weight is 235 g/mol. The SMILES string of the molecule is C=C(OCCN(CC)c1ccccc1)C(=O)O. The van der Waals surface area contributed by atoms with E-state index in [-0.39, 0.29) is 5.76 Å². The first-order valence-corrected chi connectivity index (χ1v) is 5.50. The molecule has 1 rings (SSSR count). The summed E-state index contributed by atoms with van der Waals surface area (Å²) in [6.07, 6.45) is 0. The summed E-state index contributed by atoms with van der Waals surface area (Å²) in [6.45, 7) is 7.14. The van der Waals surface area contributed by atoms with Gasteiger partial charge >= 0.3 is 5.97 Å². The van der Waals surface area contributed by atoms with Crippen LogP contribution in [0.25, 0.3) is 0 Å². The van der Waals surface area contributed by atoms with Crippen molar-refractivity contribution >= 4 is 11.7 Å². The van der Waals surface area contributed by atoms with Gasteiger partial charge in [0.2, 0.25) is 0 Å². The molecule has 4 heteroatoms. The number of hydrogen-bond acceptors (Lipinski definition) is 3. The molecule has 4 nitrogen and oxygen atoms in total. The molecule has 0 aliphatic rings. The van der Waals surface area contributed by atoms with Crippen molar-refractivity contribution in [1.29, 1.82) is 0 Å². The minimum atomic E-state index is -1.12. The first-order valence-electron chi connectivity index (χ1n) is 5.50. The highest BCUT2D eigenvalue weighted by molar-refractivity contribution is 5.83. The quantitative estimate of drug-likeness (QED) is 0.581. The van der Waals surface area contributed by atoms with Crippen molar-refractivity contribution in [2.45, 2.75) is 6.92 Å². The molecule has 92 valence electrons. The summed E-state index contributed by atoms with van der Waals surface area (Å²) in [5.74, 6) is -1.33. The van der Waals surface area contributed by atoms with E-state index in [9.17, 15) is 4.79 Å². The van der Waals surface area contributed by atoms with Gasteiger partial charge in [-0.15, -0.1) is 0 Å². The first kappa shape index (κ1) is 13.1. The summed E-state index contributed by atoms with van der Waals surface area (Å²) in [5, 5.41) is 8.58. The van der Waals surface area contributed by atoms with Crippen molar-refractivity contribution in [1.82, 2.24) is 0 Å². The fourth-order valence-electron chi connectivity index (χ4n) is 1.45. The Morgan fingerprint density at radius 3 is 2.59 bits per heavy atom. The topological polar surface area (TPSA) is 49.8 Å². The second-order valence-electron chi connectivity index (χ2n) is 3.49. The molecule has 0 saturated heterocycles. The number of para-hydroxylation sites is 1. The number of carboxylic acids is 1. The summed E-state index contributed by atoms with van der Waals surface area (Å²) in [6, 6.07) is 9.91. The minimum Gasteiger partial charge on any atom is -0.485 e. The van der Waals surface area contributed by atoms with E-state index in [4.69, 9.17) is 9.84 Å². The Morgan fingerprint density at radius 2 is 2.06 bits per heavy atom. The van der Waals surface area contributed by atoms with E-state index in [0.717, 1.165) is 12.2 Å². The maximum Gasteiger partial charge on any atom is 0.370 e. The highest BCUT2D eigenvalue weighted by atomic mass is 16.5. The van der Waals surface area contributed by atoms with Gasteiger partial charge in [-0.1, -0.05) is 18.2 Å². The van der Waals surface area contributed by atoms with E-state index in [1.807, 2.05) is 37.3 Å². The molecule has 1 aromatic rings. The normalized spacial score (nSPS) is 9.71. The van der Waals surface area contributed by atoms with Crippen LogP contribution in [0.2, 0.25) is 0 Å². The average Bonchev–Trinajstić information content (AvgIpc) is 2.35. The van der Waals surface area contributed by atoms with Gasteiger partial charge in [0.05, 0.1) is 6.54 Å². The van der Waals surface area contributed by atoms with Crippen molar-refractivity contribution in [3.05, 3.63) is 42.7 Å². The molecule has 0 saturated carbocycles. The molecule has 17 heavy (non-hydrogen) atoms. The lowest BCUT2D eigenvalue weighted by Gasteiger charge is -2.22. The highest BCUT2D eigenvalue weighted by Gasteiger charge is 2.07. The number of ether oxygens (including phenoxy) is 1. The van der Waals surface area contributed by atoms with Crippen LogP contribution in [0.3, 0.4) is 0 Å². The molecule has 0 atom stereocenters. The molecule has 0 unspecified atom stereocenters. The van der Waals surface area contributed by atoms with Gasteiger partial charge in [0.15, 0.2) is 5.76 Å². The molecule has 1 N–H and O–H groups in total. The van der Waals surface area contributed by atoms with Gasteiger partial charge in [0.1, 0.15) is 6.61 Å². The maximum absolute atomic E-state index is 10.5. The van der Waals surface area contributed by atoms with Gasteiger partial charge in [0.25, 0.3) is 0 Å². The van der Waals surface area contributed by atoms with Crippen LogP contribution in [0.4, 0.5) is 5.69 Å². The lowest BCUT2D eigenvalue weighted by Crippen LogP contribution is -2.27. The largest absolute Gasteiger partial charge is 0.485 e. The van der Waals surface area contributed by atoms with E-state index in [1.54, 1.807) is 0 Å². The number of benzene rings is 1. The third kappa shape index (κ3) is 4.18. The summed E-state index contributed by atoms with van der Waals surface area (Å²) < 4.78 is 5.02. The standard InChI is InChI=1S/C13H17NO3/c1-3-14(12-7-5-4-6-8-12)9-10-17-11(2)13(15)16/h4-8H,2-3,9-10H2,1H3,(H,15,16). The predicted molar refractivity (Wildman–Crippen MR) is 67.1 cm³/mol. The molecule has 0 aliphatic carbocycles. The van der Waals surface area contributed by atoms with Gasteiger partial charge in [-0.25, -0.2) is 4.79 Å². The summed E-state index contributed by atoms with van der Waals surface area (Å²) in [4.78, 5) is 12.6. The third-order valence-corrected chi connectivity index (χ3v) is 2.38. The van der Waals surface area contributed by atoms with Crippen molar-refractivity contribution < 1.29 is 14.6 Å². The Bertz CT molecular complexity index is 376.